The highest BCUT2D eigenvalue weighted by atomic mass is 32.2. The summed E-state index contributed by atoms with van der Waals surface area (Å²) in [6, 6.07) is 7.74. The molecule has 1 atom stereocenters. The van der Waals surface area contributed by atoms with Crippen molar-refractivity contribution in [2.24, 2.45) is 11.5 Å². The fourth-order valence-corrected chi connectivity index (χ4v) is 3.61. The molecule has 1 heterocycles. The van der Waals surface area contributed by atoms with Gasteiger partial charge in [-0.25, -0.2) is 0 Å². The van der Waals surface area contributed by atoms with Crippen molar-refractivity contribution in [2.75, 3.05) is 18.8 Å². The predicted octanol–water partition coefficient (Wildman–Crippen LogP) is 3.04. The van der Waals surface area contributed by atoms with Gasteiger partial charge in [0.15, 0.2) is 0 Å². The van der Waals surface area contributed by atoms with Crippen LogP contribution in [0.3, 0.4) is 0 Å². The number of thioether (sulfide) groups is 1. The van der Waals surface area contributed by atoms with Crippen LogP contribution in [-0.2, 0) is 5.54 Å². The van der Waals surface area contributed by atoms with Gasteiger partial charge < -0.3 is 16.4 Å². The van der Waals surface area contributed by atoms with Gasteiger partial charge in [-0.2, -0.15) is 0 Å². The molecule has 0 spiro atoms. The van der Waals surface area contributed by atoms with Crippen molar-refractivity contribution in [3.05, 3.63) is 47.0 Å². The van der Waals surface area contributed by atoms with Crippen molar-refractivity contribution < 1.29 is 4.79 Å². The SMILES string of the molecule is C=C(N)SCCC(C)(N)c1cccc(C(=O)N2CCCCC2)c1. The summed E-state index contributed by atoms with van der Waals surface area (Å²) in [7, 11) is 0. The highest BCUT2D eigenvalue weighted by molar-refractivity contribution is 8.02. The van der Waals surface area contributed by atoms with Gasteiger partial charge in [-0.3, -0.25) is 4.79 Å². The first-order valence-electron chi connectivity index (χ1n) is 8.16. The second-order valence-electron chi connectivity index (χ2n) is 6.42. The molecule has 1 unspecified atom stereocenters. The molecule has 0 saturated carbocycles. The van der Waals surface area contributed by atoms with Crippen LogP contribution in [0.5, 0.6) is 0 Å². The molecular formula is C18H27N3OS. The maximum absolute atomic E-state index is 12.6. The molecule has 23 heavy (non-hydrogen) atoms. The molecule has 1 fully saturated rings. The highest BCUT2D eigenvalue weighted by Gasteiger charge is 2.24. The summed E-state index contributed by atoms with van der Waals surface area (Å²) in [5, 5.41) is 0.606. The molecule has 2 rings (SSSR count). The van der Waals surface area contributed by atoms with Crippen LogP contribution in [0.25, 0.3) is 0 Å². The lowest BCUT2D eigenvalue weighted by molar-refractivity contribution is 0.0724. The zero-order valence-corrected chi connectivity index (χ0v) is 14.7. The van der Waals surface area contributed by atoms with Crippen LogP contribution in [0.15, 0.2) is 35.9 Å². The first-order valence-corrected chi connectivity index (χ1v) is 9.14. The number of piperidine rings is 1. The summed E-state index contributed by atoms with van der Waals surface area (Å²) in [6.45, 7) is 7.40. The largest absolute Gasteiger partial charge is 0.394 e. The van der Waals surface area contributed by atoms with E-state index in [1.54, 1.807) is 0 Å². The van der Waals surface area contributed by atoms with Crippen molar-refractivity contribution in [2.45, 2.75) is 38.1 Å². The Morgan fingerprint density at radius 2 is 2.04 bits per heavy atom. The topological polar surface area (TPSA) is 72.3 Å². The third kappa shape index (κ3) is 5.01. The van der Waals surface area contributed by atoms with Gasteiger partial charge in [0.25, 0.3) is 5.91 Å². The van der Waals surface area contributed by atoms with E-state index in [0.717, 1.165) is 49.2 Å². The van der Waals surface area contributed by atoms with Gasteiger partial charge in [-0.15, -0.1) is 11.8 Å². The van der Waals surface area contributed by atoms with Gasteiger partial charge in [0, 0.05) is 29.9 Å². The maximum Gasteiger partial charge on any atom is 0.253 e. The lowest BCUT2D eigenvalue weighted by Gasteiger charge is -2.28. The number of nitrogens with zero attached hydrogens (tertiary/aromatic N) is 1. The number of hydrogen-bond acceptors (Lipinski definition) is 4. The Hall–Kier alpha value is -1.46. The first-order chi connectivity index (χ1) is 10.9. The smallest absolute Gasteiger partial charge is 0.253 e. The van der Waals surface area contributed by atoms with Crippen LogP contribution in [0.4, 0.5) is 0 Å². The lowest BCUT2D eigenvalue weighted by Crippen LogP contribution is -2.37. The van der Waals surface area contributed by atoms with Gasteiger partial charge >= 0.3 is 0 Å². The number of hydrogen-bond donors (Lipinski definition) is 2. The predicted molar refractivity (Wildman–Crippen MR) is 98.1 cm³/mol. The number of rotatable bonds is 6. The van der Waals surface area contributed by atoms with E-state index in [1.807, 2.05) is 36.1 Å². The van der Waals surface area contributed by atoms with Crippen molar-refractivity contribution >= 4 is 17.7 Å². The number of carbonyl (C=O) groups excluding carboxylic acids is 1. The Balaban J connectivity index is 2.08. The van der Waals surface area contributed by atoms with E-state index in [-0.39, 0.29) is 5.91 Å². The van der Waals surface area contributed by atoms with Gasteiger partial charge in [0.1, 0.15) is 0 Å². The summed E-state index contributed by atoms with van der Waals surface area (Å²) in [5.41, 5.74) is 13.3. The molecule has 4 N–H and O–H groups in total. The fourth-order valence-electron chi connectivity index (χ4n) is 2.83. The molecule has 5 heteroatoms. The standard InChI is InChI=1S/C18H27N3OS/c1-14(19)23-12-9-18(2,20)16-8-6-7-15(13-16)17(22)21-10-4-3-5-11-21/h6-8,13H,1,3-5,9-12,19-20H2,2H3. The van der Waals surface area contributed by atoms with Crippen molar-refractivity contribution in [3.8, 4) is 0 Å². The monoisotopic (exact) mass is 333 g/mol. The molecule has 0 radical (unpaired) electrons. The van der Waals surface area contributed by atoms with Crippen LogP contribution in [0.2, 0.25) is 0 Å². The van der Waals surface area contributed by atoms with E-state index in [0.29, 0.717) is 5.03 Å². The van der Waals surface area contributed by atoms with Crippen LogP contribution in [0, 0.1) is 0 Å². The Kier molecular flexibility index (Phi) is 6.13. The zero-order valence-electron chi connectivity index (χ0n) is 13.9. The minimum absolute atomic E-state index is 0.118. The van der Waals surface area contributed by atoms with Crippen molar-refractivity contribution in [1.29, 1.82) is 0 Å². The fraction of sp³-hybridized carbons (Fsp3) is 0.500. The number of amides is 1. The van der Waals surface area contributed by atoms with E-state index in [9.17, 15) is 4.79 Å². The number of carbonyl (C=O) groups is 1. The molecular weight excluding hydrogens is 306 g/mol. The molecule has 0 aromatic heterocycles. The average molecular weight is 334 g/mol. The number of nitrogens with two attached hydrogens (primary N) is 2. The third-order valence-electron chi connectivity index (χ3n) is 4.32. The van der Waals surface area contributed by atoms with E-state index in [4.69, 9.17) is 11.5 Å². The summed E-state index contributed by atoms with van der Waals surface area (Å²) in [4.78, 5) is 14.6. The summed E-state index contributed by atoms with van der Waals surface area (Å²) < 4.78 is 0. The Labute approximate surface area is 143 Å². The summed E-state index contributed by atoms with van der Waals surface area (Å²) >= 11 is 1.51. The minimum atomic E-state index is -0.485. The average Bonchev–Trinajstić information content (AvgIpc) is 2.54. The Bertz CT molecular complexity index is 565. The molecule has 1 aromatic carbocycles. The quantitative estimate of drug-likeness (QED) is 0.839. The maximum atomic E-state index is 12.6. The minimum Gasteiger partial charge on any atom is -0.394 e. The summed E-state index contributed by atoms with van der Waals surface area (Å²) in [6.07, 6.45) is 4.19. The van der Waals surface area contributed by atoms with Gasteiger partial charge in [0.05, 0.1) is 5.03 Å². The Morgan fingerprint density at radius 1 is 1.35 bits per heavy atom. The summed E-state index contributed by atoms with van der Waals surface area (Å²) in [5.74, 6) is 0.930. The van der Waals surface area contributed by atoms with Crippen LogP contribution in [0.1, 0.15) is 48.5 Å². The van der Waals surface area contributed by atoms with Crippen LogP contribution in [-0.4, -0.2) is 29.6 Å². The molecule has 126 valence electrons. The molecule has 1 aliphatic rings. The molecule has 1 amide bonds. The van der Waals surface area contributed by atoms with Gasteiger partial charge in [-0.1, -0.05) is 18.7 Å². The number of likely N-dealkylation sites (tertiary alicyclic amines) is 1. The van der Waals surface area contributed by atoms with Crippen LogP contribution >= 0.6 is 11.8 Å². The molecule has 1 saturated heterocycles. The molecule has 0 aliphatic carbocycles. The van der Waals surface area contributed by atoms with Crippen LogP contribution < -0.4 is 11.5 Å². The zero-order chi connectivity index (χ0) is 16.9. The number of benzene rings is 1. The normalized spacial score (nSPS) is 17.6. The van der Waals surface area contributed by atoms with E-state index >= 15 is 0 Å². The van der Waals surface area contributed by atoms with E-state index < -0.39 is 5.54 Å². The lowest BCUT2D eigenvalue weighted by atomic mass is 9.89. The van der Waals surface area contributed by atoms with E-state index in [1.165, 1.54) is 18.2 Å². The highest BCUT2D eigenvalue weighted by Crippen LogP contribution is 2.26. The molecule has 4 nitrogen and oxygen atoms in total. The van der Waals surface area contributed by atoms with Crippen molar-refractivity contribution in [3.63, 3.8) is 0 Å². The second kappa shape index (κ2) is 7.88. The van der Waals surface area contributed by atoms with Gasteiger partial charge in [-0.05, 0) is 50.3 Å². The van der Waals surface area contributed by atoms with Crippen molar-refractivity contribution in [1.82, 2.24) is 4.90 Å². The first kappa shape index (κ1) is 17.9. The molecule has 1 aliphatic heterocycles. The molecule has 1 aromatic rings. The third-order valence-corrected chi connectivity index (χ3v) is 5.10. The van der Waals surface area contributed by atoms with E-state index in [2.05, 4.69) is 6.58 Å². The Morgan fingerprint density at radius 3 is 2.70 bits per heavy atom. The second-order valence-corrected chi connectivity index (χ2v) is 7.64. The van der Waals surface area contributed by atoms with Gasteiger partial charge in [0.2, 0.25) is 0 Å². The molecule has 0 bridgehead atoms.